The third-order valence-corrected chi connectivity index (χ3v) is 5.53. The molecule has 4 nitrogen and oxygen atoms in total. The molecule has 0 bridgehead atoms. The lowest BCUT2D eigenvalue weighted by molar-refractivity contribution is -0.132. The Bertz CT molecular complexity index is 934. The second-order valence-corrected chi connectivity index (χ2v) is 9.11. The van der Waals surface area contributed by atoms with Gasteiger partial charge in [0.15, 0.2) is 5.54 Å². The van der Waals surface area contributed by atoms with Gasteiger partial charge in [-0.25, -0.2) is 0 Å². The molecule has 1 aliphatic rings. The predicted molar refractivity (Wildman–Crippen MR) is 115 cm³/mol. The molecule has 1 heterocycles. The van der Waals surface area contributed by atoms with Gasteiger partial charge in [0.25, 0.3) is 11.8 Å². The highest BCUT2D eigenvalue weighted by atomic mass is 79.9. The zero-order valence-electron chi connectivity index (χ0n) is 16.0. The van der Waals surface area contributed by atoms with Gasteiger partial charge in [0.2, 0.25) is 0 Å². The summed E-state index contributed by atoms with van der Waals surface area (Å²) in [4.78, 5) is 28.5. The molecule has 1 unspecified atom stereocenters. The summed E-state index contributed by atoms with van der Waals surface area (Å²) in [5.41, 5.74) is -0.411. The van der Waals surface area contributed by atoms with Crippen molar-refractivity contribution in [2.75, 3.05) is 0 Å². The summed E-state index contributed by atoms with van der Waals surface area (Å²) in [6.07, 6.45) is 3.93. The first-order valence-electron chi connectivity index (χ1n) is 8.99. The van der Waals surface area contributed by atoms with Crippen LogP contribution in [0.3, 0.4) is 0 Å². The molecule has 2 aromatic carbocycles. The molecule has 0 aromatic heterocycles. The van der Waals surface area contributed by atoms with E-state index in [2.05, 4.69) is 21.2 Å². The Morgan fingerprint density at radius 3 is 2.36 bits per heavy atom. The summed E-state index contributed by atoms with van der Waals surface area (Å²) in [5.74, 6) is -0.479. The predicted octanol–water partition coefficient (Wildman–Crippen LogP) is 5.27. The van der Waals surface area contributed by atoms with E-state index < -0.39 is 11.1 Å². The normalized spacial score (nSPS) is 19.0. The van der Waals surface area contributed by atoms with E-state index >= 15 is 0 Å². The van der Waals surface area contributed by atoms with Crippen molar-refractivity contribution in [3.63, 3.8) is 0 Å². The molecule has 1 atom stereocenters. The molecule has 0 fully saturated rings. The zero-order valence-corrected chi connectivity index (χ0v) is 18.3. The van der Waals surface area contributed by atoms with Gasteiger partial charge in [0, 0.05) is 27.7 Å². The van der Waals surface area contributed by atoms with Crippen LogP contribution in [-0.4, -0.2) is 22.3 Å². The van der Waals surface area contributed by atoms with E-state index in [-0.39, 0.29) is 11.8 Å². The van der Waals surface area contributed by atoms with Crippen molar-refractivity contribution in [3.8, 4) is 0 Å². The fourth-order valence-electron chi connectivity index (χ4n) is 3.32. The molecule has 2 aromatic rings. The van der Waals surface area contributed by atoms with Crippen molar-refractivity contribution in [1.29, 1.82) is 0 Å². The molecule has 0 saturated heterocycles. The quantitative estimate of drug-likeness (QED) is 0.677. The Kier molecular flexibility index (Phi) is 5.69. The summed E-state index contributed by atoms with van der Waals surface area (Å²) < 4.78 is 0.682. The maximum atomic E-state index is 13.5. The lowest BCUT2D eigenvalue weighted by Crippen LogP contribution is -2.58. The Hall–Kier alpha value is -2.11. The first-order chi connectivity index (χ1) is 13.1. The lowest BCUT2D eigenvalue weighted by Gasteiger charge is -2.39. The Morgan fingerprint density at radius 2 is 1.75 bits per heavy atom. The first kappa shape index (κ1) is 20.6. The molecule has 0 radical (unpaired) electrons. The van der Waals surface area contributed by atoms with Crippen molar-refractivity contribution >= 4 is 39.3 Å². The van der Waals surface area contributed by atoms with Crippen LogP contribution in [0.25, 0.3) is 0 Å². The van der Waals surface area contributed by atoms with E-state index in [9.17, 15) is 9.59 Å². The topological polar surface area (TPSA) is 49.4 Å². The van der Waals surface area contributed by atoms with Crippen LogP contribution >= 0.6 is 27.5 Å². The van der Waals surface area contributed by atoms with E-state index in [1.165, 1.54) is 4.90 Å². The van der Waals surface area contributed by atoms with Gasteiger partial charge < -0.3 is 5.32 Å². The van der Waals surface area contributed by atoms with Gasteiger partial charge in [-0.3, -0.25) is 14.5 Å². The Morgan fingerprint density at radius 1 is 1.11 bits per heavy atom. The second-order valence-electron chi connectivity index (χ2n) is 7.82. The average molecular weight is 462 g/mol. The van der Waals surface area contributed by atoms with Crippen LogP contribution in [0.1, 0.15) is 43.1 Å². The van der Waals surface area contributed by atoms with Gasteiger partial charge in [-0.1, -0.05) is 41.9 Å². The smallest absolute Gasteiger partial charge is 0.260 e. The number of amides is 2. The fourth-order valence-corrected chi connectivity index (χ4v) is 3.90. The molecule has 0 spiro atoms. The maximum Gasteiger partial charge on any atom is 0.260 e. The van der Waals surface area contributed by atoms with Crippen LogP contribution in [0.4, 0.5) is 0 Å². The minimum absolute atomic E-state index is 0.229. The highest BCUT2D eigenvalue weighted by Gasteiger charge is 2.50. The van der Waals surface area contributed by atoms with Crippen molar-refractivity contribution in [2.24, 2.45) is 0 Å². The van der Waals surface area contributed by atoms with Crippen molar-refractivity contribution in [3.05, 3.63) is 81.4 Å². The van der Waals surface area contributed by atoms with E-state index in [1.807, 2.05) is 39.0 Å². The van der Waals surface area contributed by atoms with Gasteiger partial charge in [-0.05, 0) is 66.5 Å². The van der Waals surface area contributed by atoms with Crippen LogP contribution < -0.4 is 5.32 Å². The molecule has 0 saturated carbocycles. The van der Waals surface area contributed by atoms with E-state index in [0.717, 1.165) is 0 Å². The first-order valence-corrected chi connectivity index (χ1v) is 10.2. The van der Waals surface area contributed by atoms with Crippen molar-refractivity contribution in [1.82, 2.24) is 10.2 Å². The summed E-state index contributed by atoms with van der Waals surface area (Å²) >= 11 is 9.51. The summed E-state index contributed by atoms with van der Waals surface area (Å²) in [6.45, 7) is 5.76. The molecular weight excluding hydrogens is 440 g/mol. The van der Waals surface area contributed by atoms with E-state index in [0.29, 0.717) is 27.0 Å². The largest absolute Gasteiger partial charge is 0.349 e. The van der Waals surface area contributed by atoms with E-state index in [1.54, 1.807) is 42.6 Å². The van der Waals surface area contributed by atoms with E-state index in [4.69, 9.17) is 11.6 Å². The number of nitrogens with one attached hydrogen (secondary N) is 1. The monoisotopic (exact) mass is 460 g/mol. The number of rotatable bonds is 3. The molecule has 1 aliphatic heterocycles. The average Bonchev–Trinajstić information content (AvgIpc) is 3.07. The van der Waals surface area contributed by atoms with Crippen molar-refractivity contribution in [2.45, 2.75) is 38.3 Å². The molecule has 146 valence electrons. The van der Waals surface area contributed by atoms with Gasteiger partial charge >= 0.3 is 0 Å². The van der Waals surface area contributed by atoms with Gasteiger partial charge in [0.05, 0.1) is 5.56 Å². The molecule has 28 heavy (non-hydrogen) atoms. The molecule has 6 heteroatoms. The number of benzene rings is 2. The minimum atomic E-state index is -1.18. The fraction of sp³-hybridized carbons (Fsp3) is 0.273. The number of carbonyl (C=O) groups excluding carboxylic acids is 2. The summed E-state index contributed by atoms with van der Waals surface area (Å²) in [5, 5.41) is 3.62. The minimum Gasteiger partial charge on any atom is -0.349 e. The van der Waals surface area contributed by atoms with Crippen LogP contribution in [0.2, 0.25) is 5.02 Å². The highest BCUT2D eigenvalue weighted by molar-refractivity contribution is 9.10. The van der Waals surface area contributed by atoms with Gasteiger partial charge in [-0.2, -0.15) is 0 Å². The van der Waals surface area contributed by atoms with Gasteiger partial charge in [0.1, 0.15) is 0 Å². The molecule has 1 N–H and O–H groups in total. The van der Waals surface area contributed by atoms with Crippen LogP contribution in [-0.2, 0) is 10.3 Å². The summed E-state index contributed by atoms with van der Waals surface area (Å²) in [6, 6.07) is 14.3. The number of halogens is 2. The maximum absolute atomic E-state index is 13.5. The third kappa shape index (κ3) is 3.87. The van der Waals surface area contributed by atoms with Crippen LogP contribution in [0.15, 0.2) is 65.3 Å². The lowest BCUT2D eigenvalue weighted by atomic mass is 9.84. The number of nitrogens with zero attached hydrogens (tertiary/aromatic N) is 1. The molecule has 2 amide bonds. The standard InChI is InChI=1S/C22H22BrClN2O2/c1-21(2,3)25-20(28)22(15-9-11-16(24)12-10-15)13-6-14-26(22)19(27)17-7-4-5-8-18(17)23/h4-12,14H,13H2,1-3H3,(H,25,28). The SMILES string of the molecule is CC(C)(C)NC(=O)C1(c2ccc(Cl)cc2)CC=CN1C(=O)c1ccccc1Br. The molecular formula is C22H22BrClN2O2. The highest BCUT2D eigenvalue weighted by Crippen LogP contribution is 2.40. The second kappa shape index (κ2) is 7.72. The number of hydrogen-bond donors (Lipinski definition) is 1. The van der Waals surface area contributed by atoms with Gasteiger partial charge in [-0.15, -0.1) is 0 Å². The number of hydrogen-bond acceptors (Lipinski definition) is 2. The third-order valence-electron chi connectivity index (χ3n) is 4.59. The zero-order chi connectivity index (χ0) is 20.5. The Balaban J connectivity index is 2.12. The Labute approximate surface area is 178 Å². The summed E-state index contributed by atoms with van der Waals surface area (Å²) in [7, 11) is 0. The van der Waals surface area contributed by atoms with Crippen LogP contribution in [0.5, 0.6) is 0 Å². The van der Waals surface area contributed by atoms with Crippen LogP contribution in [0, 0.1) is 0 Å². The van der Waals surface area contributed by atoms with Crippen molar-refractivity contribution < 1.29 is 9.59 Å². The molecule has 0 aliphatic carbocycles. The molecule has 3 rings (SSSR count). The number of carbonyl (C=O) groups is 2.